The molecule has 0 aliphatic carbocycles. The van der Waals surface area contributed by atoms with E-state index in [1.165, 1.54) is 30.8 Å². The zero-order chi connectivity index (χ0) is 21.0. The third-order valence-electron chi connectivity index (χ3n) is 4.36. The van der Waals surface area contributed by atoms with Crippen LogP contribution in [0.3, 0.4) is 0 Å². The number of rotatable bonds is 7. The lowest BCUT2D eigenvalue weighted by Gasteiger charge is -2.18. The van der Waals surface area contributed by atoms with Crippen LogP contribution in [0.15, 0.2) is 52.3 Å². The van der Waals surface area contributed by atoms with Crippen LogP contribution in [0.1, 0.15) is 20.3 Å². The number of carbonyl (C=O) groups is 2. The van der Waals surface area contributed by atoms with Gasteiger partial charge in [0.1, 0.15) is 5.75 Å². The van der Waals surface area contributed by atoms with Gasteiger partial charge >= 0.3 is 0 Å². The average molecular weight is 435 g/mol. The van der Waals surface area contributed by atoms with Gasteiger partial charge in [0, 0.05) is 17.0 Å². The molecule has 7 nitrogen and oxygen atoms in total. The smallest absolute Gasteiger partial charge is 0.234 e. The quantitative estimate of drug-likeness (QED) is 0.693. The van der Waals surface area contributed by atoms with Crippen LogP contribution in [0.25, 0.3) is 0 Å². The number of sulfone groups is 1. The van der Waals surface area contributed by atoms with Crippen LogP contribution in [0.4, 0.5) is 11.4 Å². The fraction of sp³-hybridized carbons (Fsp3) is 0.300. The summed E-state index contributed by atoms with van der Waals surface area (Å²) in [5, 5.41) is 4.47. The Morgan fingerprint density at radius 1 is 1.24 bits per heavy atom. The number of benzene rings is 2. The van der Waals surface area contributed by atoms with Crippen LogP contribution in [-0.4, -0.2) is 37.8 Å². The van der Waals surface area contributed by atoms with Crippen molar-refractivity contribution in [3.05, 3.63) is 42.5 Å². The Bertz CT molecular complexity index is 1020. The first-order chi connectivity index (χ1) is 13.8. The Balaban J connectivity index is 1.67. The van der Waals surface area contributed by atoms with E-state index < -0.39 is 21.0 Å². The zero-order valence-corrected chi connectivity index (χ0v) is 17.7. The molecule has 2 aromatic rings. The van der Waals surface area contributed by atoms with E-state index in [0.717, 1.165) is 4.90 Å². The third kappa shape index (κ3) is 5.10. The molecule has 29 heavy (non-hydrogen) atoms. The Morgan fingerprint density at radius 2 is 1.97 bits per heavy atom. The Morgan fingerprint density at radius 3 is 2.66 bits per heavy atom. The molecule has 0 spiro atoms. The van der Waals surface area contributed by atoms with Crippen molar-refractivity contribution in [1.82, 2.24) is 0 Å². The summed E-state index contributed by atoms with van der Waals surface area (Å²) in [5.74, 6) is 0.437. The highest BCUT2D eigenvalue weighted by atomic mass is 32.2. The largest absolute Gasteiger partial charge is 0.494 e. The SMILES string of the molecule is CCOc1ccc(NC(=O)C[C@H](C)S(=O)(=O)c2ccc3c(c2)NC(=O)CS3)cc1. The van der Waals surface area contributed by atoms with Gasteiger partial charge in [-0.2, -0.15) is 0 Å². The maximum atomic E-state index is 12.9. The predicted molar refractivity (Wildman–Crippen MR) is 113 cm³/mol. The molecule has 1 aliphatic rings. The van der Waals surface area contributed by atoms with Crippen LogP contribution in [0.2, 0.25) is 0 Å². The van der Waals surface area contributed by atoms with Crippen LogP contribution in [-0.2, 0) is 19.4 Å². The molecule has 0 fully saturated rings. The molecule has 1 atom stereocenters. The van der Waals surface area contributed by atoms with Gasteiger partial charge in [0.25, 0.3) is 0 Å². The van der Waals surface area contributed by atoms with E-state index >= 15 is 0 Å². The first kappa shape index (κ1) is 21.2. The normalized spacial score (nSPS) is 14.5. The highest BCUT2D eigenvalue weighted by Crippen LogP contribution is 2.34. The zero-order valence-electron chi connectivity index (χ0n) is 16.1. The highest BCUT2D eigenvalue weighted by molar-refractivity contribution is 8.00. The summed E-state index contributed by atoms with van der Waals surface area (Å²) in [6.07, 6.45) is -0.187. The second-order valence-electron chi connectivity index (χ2n) is 6.56. The minimum absolute atomic E-state index is 0.0837. The van der Waals surface area contributed by atoms with E-state index in [-0.39, 0.29) is 17.2 Å². The number of nitrogens with one attached hydrogen (secondary N) is 2. The van der Waals surface area contributed by atoms with Crippen molar-refractivity contribution in [2.24, 2.45) is 0 Å². The molecular weight excluding hydrogens is 412 g/mol. The molecule has 1 heterocycles. The minimum atomic E-state index is -3.73. The van der Waals surface area contributed by atoms with Gasteiger partial charge in [-0.25, -0.2) is 8.42 Å². The lowest BCUT2D eigenvalue weighted by molar-refractivity contribution is -0.116. The molecule has 0 radical (unpaired) electrons. The fourth-order valence-electron chi connectivity index (χ4n) is 2.86. The summed E-state index contributed by atoms with van der Waals surface area (Å²) >= 11 is 1.36. The van der Waals surface area contributed by atoms with E-state index in [4.69, 9.17) is 4.74 Å². The second kappa shape index (κ2) is 8.87. The number of hydrogen-bond acceptors (Lipinski definition) is 6. The molecule has 2 N–H and O–H groups in total. The fourth-order valence-corrected chi connectivity index (χ4v) is 5.02. The van der Waals surface area contributed by atoms with Crippen LogP contribution in [0.5, 0.6) is 5.75 Å². The molecule has 0 bridgehead atoms. The number of thioether (sulfide) groups is 1. The summed E-state index contributed by atoms with van der Waals surface area (Å²) in [4.78, 5) is 24.8. The monoisotopic (exact) mass is 434 g/mol. The molecule has 3 rings (SSSR count). The van der Waals surface area contributed by atoms with E-state index in [9.17, 15) is 18.0 Å². The van der Waals surface area contributed by atoms with Crippen molar-refractivity contribution in [3.8, 4) is 5.75 Å². The van der Waals surface area contributed by atoms with Gasteiger partial charge in [0.05, 0.1) is 28.2 Å². The summed E-state index contributed by atoms with van der Waals surface area (Å²) in [5.41, 5.74) is 1.05. The molecule has 9 heteroatoms. The predicted octanol–water partition coefficient (Wildman–Crippen LogP) is 3.32. The van der Waals surface area contributed by atoms with Gasteiger partial charge < -0.3 is 15.4 Å². The molecule has 0 saturated carbocycles. The van der Waals surface area contributed by atoms with E-state index in [1.54, 1.807) is 30.3 Å². The van der Waals surface area contributed by atoms with Gasteiger partial charge in [0.2, 0.25) is 11.8 Å². The lowest BCUT2D eigenvalue weighted by Crippen LogP contribution is -2.25. The van der Waals surface area contributed by atoms with Gasteiger partial charge in [-0.05, 0) is 56.3 Å². The highest BCUT2D eigenvalue weighted by Gasteiger charge is 2.27. The molecular formula is C20H22N2O5S2. The number of carbonyl (C=O) groups excluding carboxylic acids is 2. The molecule has 0 saturated heterocycles. The first-order valence-corrected chi connectivity index (χ1v) is 11.7. The van der Waals surface area contributed by atoms with Crippen LogP contribution in [0, 0.1) is 0 Å². The van der Waals surface area contributed by atoms with E-state index in [2.05, 4.69) is 10.6 Å². The van der Waals surface area contributed by atoms with Crippen LogP contribution >= 0.6 is 11.8 Å². The van der Waals surface area contributed by atoms with E-state index in [0.29, 0.717) is 29.5 Å². The maximum Gasteiger partial charge on any atom is 0.234 e. The van der Waals surface area contributed by atoms with Crippen molar-refractivity contribution < 1.29 is 22.7 Å². The van der Waals surface area contributed by atoms with Crippen molar-refractivity contribution in [3.63, 3.8) is 0 Å². The van der Waals surface area contributed by atoms with Gasteiger partial charge in [-0.15, -0.1) is 11.8 Å². The molecule has 0 aromatic heterocycles. The van der Waals surface area contributed by atoms with Crippen molar-refractivity contribution in [1.29, 1.82) is 0 Å². The summed E-state index contributed by atoms with van der Waals surface area (Å²) in [6, 6.07) is 11.5. The Labute approximate surface area is 174 Å². The molecule has 2 aromatic carbocycles. The lowest BCUT2D eigenvalue weighted by atomic mass is 10.2. The van der Waals surface area contributed by atoms with E-state index in [1.807, 2.05) is 6.92 Å². The van der Waals surface area contributed by atoms with Crippen molar-refractivity contribution in [2.45, 2.75) is 35.3 Å². The van der Waals surface area contributed by atoms with Crippen molar-refractivity contribution >= 4 is 44.8 Å². The summed E-state index contributed by atoms with van der Waals surface area (Å²) in [6.45, 7) is 3.93. The molecule has 154 valence electrons. The Kier molecular flexibility index (Phi) is 6.49. The first-order valence-electron chi connectivity index (χ1n) is 9.13. The van der Waals surface area contributed by atoms with Crippen molar-refractivity contribution in [2.75, 3.05) is 23.0 Å². The number of fused-ring (bicyclic) bond motifs is 1. The number of hydrogen-bond donors (Lipinski definition) is 2. The molecule has 0 unspecified atom stereocenters. The average Bonchev–Trinajstić information content (AvgIpc) is 2.69. The van der Waals surface area contributed by atoms with Gasteiger partial charge in [-0.3, -0.25) is 9.59 Å². The standard InChI is InChI=1S/C20H22N2O5S2/c1-3-27-15-6-4-14(5-7-15)21-19(23)10-13(2)29(25,26)16-8-9-18-17(11-16)22-20(24)12-28-18/h4-9,11,13H,3,10,12H2,1-2H3,(H,21,23)(H,22,24)/t13-/m0/s1. The maximum absolute atomic E-state index is 12.9. The second-order valence-corrected chi connectivity index (χ2v) is 9.94. The number of amides is 2. The summed E-state index contributed by atoms with van der Waals surface area (Å²) < 4.78 is 31.1. The topological polar surface area (TPSA) is 102 Å². The number of ether oxygens (including phenoxy) is 1. The minimum Gasteiger partial charge on any atom is -0.494 e. The van der Waals surface area contributed by atoms with Crippen LogP contribution < -0.4 is 15.4 Å². The van der Waals surface area contributed by atoms with Gasteiger partial charge in [-0.1, -0.05) is 0 Å². The summed E-state index contributed by atoms with van der Waals surface area (Å²) in [7, 11) is -3.73. The Hall–Kier alpha value is -2.52. The number of anilines is 2. The molecule has 1 aliphatic heterocycles. The third-order valence-corrected chi connectivity index (χ3v) is 7.57. The molecule has 2 amide bonds. The van der Waals surface area contributed by atoms with Gasteiger partial charge in [0.15, 0.2) is 9.84 Å².